The Labute approximate surface area is 165 Å². The molecule has 0 spiro atoms. The van der Waals surface area contributed by atoms with Gasteiger partial charge in [-0.15, -0.1) is 0 Å². The van der Waals surface area contributed by atoms with E-state index in [0.29, 0.717) is 11.3 Å². The largest absolute Gasteiger partial charge is 0.490 e. The van der Waals surface area contributed by atoms with Crippen molar-refractivity contribution in [2.45, 2.75) is 38.7 Å². The predicted octanol–water partition coefficient (Wildman–Crippen LogP) is 2.10. The molecule has 1 heterocycles. The predicted molar refractivity (Wildman–Crippen MR) is 103 cm³/mol. The van der Waals surface area contributed by atoms with Crippen LogP contribution >= 0.6 is 0 Å². The van der Waals surface area contributed by atoms with Gasteiger partial charge in [0.15, 0.2) is 0 Å². The number of hydrogen-bond acceptors (Lipinski definition) is 5. The molecule has 0 atom stereocenters. The third kappa shape index (κ3) is 5.24. The fourth-order valence-electron chi connectivity index (χ4n) is 3.37. The number of nitrogens with zero attached hydrogens (tertiary/aromatic N) is 2. The molecular formula is C21H28N2O5. The first kappa shape index (κ1) is 20.2. The van der Waals surface area contributed by atoms with Crippen LogP contribution in [0.5, 0.6) is 5.75 Å². The lowest BCUT2D eigenvalue weighted by atomic mass is 10.1. The van der Waals surface area contributed by atoms with Gasteiger partial charge in [-0.1, -0.05) is 6.07 Å². The van der Waals surface area contributed by atoms with Crippen LogP contribution in [0, 0.1) is 5.92 Å². The summed E-state index contributed by atoms with van der Waals surface area (Å²) in [6.45, 7) is 3.37. The third-order valence-electron chi connectivity index (χ3n) is 5.08. The Balaban J connectivity index is 1.52. The van der Waals surface area contributed by atoms with Crippen molar-refractivity contribution >= 4 is 17.8 Å². The lowest BCUT2D eigenvalue weighted by molar-refractivity contribution is -0.143. The zero-order valence-electron chi connectivity index (χ0n) is 16.6. The van der Waals surface area contributed by atoms with Crippen LogP contribution in [0.15, 0.2) is 24.3 Å². The molecular weight excluding hydrogens is 360 g/mol. The normalized spacial score (nSPS) is 17.1. The molecule has 1 aromatic carbocycles. The van der Waals surface area contributed by atoms with Gasteiger partial charge in [-0.2, -0.15) is 0 Å². The average Bonchev–Trinajstić information content (AvgIpc) is 3.53. The molecule has 1 saturated carbocycles. The van der Waals surface area contributed by atoms with E-state index in [1.807, 2.05) is 11.0 Å². The minimum atomic E-state index is -0.432. The maximum atomic E-state index is 12.5. The first-order valence-corrected chi connectivity index (χ1v) is 9.94. The van der Waals surface area contributed by atoms with Crippen molar-refractivity contribution in [1.29, 1.82) is 0 Å². The van der Waals surface area contributed by atoms with Gasteiger partial charge in [0.25, 0.3) is 5.91 Å². The van der Waals surface area contributed by atoms with Crippen LogP contribution in [-0.2, 0) is 14.3 Å². The highest BCUT2D eigenvalue weighted by Crippen LogP contribution is 2.32. The minimum absolute atomic E-state index is 0.0332. The zero-order valence-corrected chi connectivity index (χ0v) is 16.6. The number of benzene rings is 1. The highest BCUT2D eigenvalue weighted by atomic mass is 16.5. The van der Waals surface area contributed by atoms with E-state index in [-0.39, 0.29) is 37.0 Å². The van der Waals surface area contributed by atoms with Crippen LogP contribution in [0.1, 0.15) is 43.0 Å². The molecule has 1 aliphatic heterocycles. The molecule has 2 amide bonds. The SMILES string of the molecule is CCOC(=O)CN(C)C(=O)c1cccc(OC2CCN(C(=O)C3CC3)CC2)c1. The van der Waals surface area contributed by atoms with Gasteiger partial charge < -0.3 is 19.3 Å². The number of carbonyl (C=O) groups is 3. The van der Waals surface area contributed by atoms with Crippen LogP contribution in [0.25, 0.3) is 0 Å². The van der Waals surface area contributed by atoms with Gasteiger partial charge in [0.1, 0.15) is 18.4 Å². The summed E-state index contributed by atoms with van der Waals surface area (Å²) >= 11 is 0. The quantitative estimate of drug-likeness (QED) is 0.669. The zero-order chi connectivity index (χ0) is 20.1. The molecule has 1 aliphatic carbocycles. The van der Waals surface area contributed by atoms with Crippen molar-refractivity contribution in [3.8, 4) is 5.75 Å². The topological polar surface area (TPSA) is 76.2 Å². The Morgan fingerprint density at radius 1 is 1.14 bits per heavy atom. The summed E-state index contributed by atoms with van der Waals surface area (Å²) in [5.41, 5.74) is 0.464. The van der Waals surface area contributed by atoms with Crippen LogP contribution < -0.4 is 4.74 Å². The second kappa shape index (κ2) is 9.08. The Bertz CT molecular complexity index is 723. The van der Waals surface area contributed by atoms with E-state index >= 15 is 0 Å². The van der Waals surface area contributed by atoms with Crippen molar-refractivity contribution < 1.29 is 23.9 Å². The van der Waals surface area contributed by atoms with E-state index in [9.17, 15) is 14.4 Å². The molecule has 0 radical (unpaired) electrons. The first-order valence-electron chi connectivity index (χ1n) is 9.94. The number of hydrogen-bond donors (Lipinski definition) is 0. The number of esters is 1. The number of piperidine rings is 1. The molecule has 2 fully saturated rings. The molecule has 152 valence electrons. The molecule has 28 heavy (non-hydrogen) atoms. The third-order valence-corrected chi connectivity index (χ3v) is 5.08. The average molecular weight is 388 g/mol. The second-order valence-corrected chi connectivity index (χ2v) is 7.41. The Kier molecular flexibility index (Phi) is 6.54. The molecule has 1 aromatic rings. The van der Waals surface area contributed by atoms with E-state index in [4.69, 9.17) is 9.47 Å². The summed E-state index contributed by atoms with van der Waals surface area (Å²) in [5, 5.41) is 0. The second-order valence-electron chi connectivity index (χ2n) is 7.41. The summed E-state index contributed by atoms with van der Waals surface area (Å²) in [5.74, 6) is 0.478. The number of rotatable bonds is 7. The van der Waals surface area contributed by atoms with Crippen molar-refractivity contribution in [2.24, 2.45) is 5.92 Å². The molecule has 0 bridgehead atoms. The highest BCUT2D eigenvalue weighted by molar-refractivity contribution is 5.96. The summed E-state index contributed by atoms with van der Waals surface area (Å²) in [4.78, 5) is 39.5. The van der Waals surface area contributed by atoms with Gasteiger partial charge in [-0.25, -0.2) is 0 Å². The molecule has 2 aliphatic rings. The van der Waals surface area contributed by atoms with E-state index in [1.54, 1.807) is 32.2 Å². The lowest BCUT2D eigenvalue weighted by Gasteiger charge is -2.32. The van der Waals surface area contributed by atoms with Gasteiger partial charge in [0.2, 0.25) is 5.91 Å². The van der Waals surface area contributed by atoms with E-state index in [0.717, 1.165) is 38.8 Å². The number of ether oxygens (including phenoxy) is 2. The van der Waals surface area contributed by atoms with Gasteiger partial charge in [0.05, 0.1) is 6.61 Å². The van der Waals surface area contributed by atoms with Gasteiger partial charge in [-0.05, 0) is 38.0 Å². The lowest BCUT2D eigenvalue weighted by Crippen LogP contribution is -2.42. The fraction of sp³-hybridized carbons (Fsp3) is 0.571. The van der Waals surface area contributed by atoms with E-state index in [2.05, 4.69) is 0 Å². The van der Waals surface area contributed by atoms with E-state index < -0.39 is 5.97 Å². The Hall–Kier alpha value is -2.57. The maximum absolute atomic E-state index is 12.5. The van der Waals surface area contributed by atoms with E-state index in [1.165, 1.54) is 4.90 Å². The fourth-order valence-corrected chi connectivity index (χ4v) is 3.37. The van der Waals surface area contributed by atoms with Gasteiger partial charge in [0, 0.05) is 44.5 Å². The smallest absolute Gasteiger partial charge is 0.325 e. The number of amides is 2. The number of likely N-dealkylation sites (tertiary alicyclic amines) is 1. The molecule has 7 nitrogen and oxygen atoms in total. The van der Waals surface area contributed by atoms with Gasteiger partial charge >= 0.3 is 5.97 Å². The minimum Gasteiger partial charge on any atom is -0.490 e. The number of likely N-dealkylation sites (N-methyl/N-ethyl adjacent to an activating group) is 1. The first-order chi connectivity index (χ1) is 13.5. The van der Waals surface area contributed by atoms with Crippen molar-refractivity contribution in [3.05, 3.63) is 29.8 Å². The van der Waals surface area contributed by atoms with Crippen molar-refractivity contribution in [2.75, 3.05) is 33.3 Å². The Morgan fingerprint density at radius 3 is 2.50 bits per heavy atom. The molecule has 0 N–H and O–H groups in total. The molecule has 0 unspecified atom stereocenters. The van der Waals surface area contributed by atoms with Crippen LogP contribution in [0.3, 0.4) is 0 Å². The monoisotopic (exact) mass is 388 g/mol. The van der Waals surface area contributed by atoms with Crippen molar-refractivity contribution in [3.63, 3.8) is 0 Å². The number of carbonyl (C=O) groups excluding carboxylic acids is 3. The van der Waals surface area contributed by atoms with Crippen LogP contribution in [0.4, 0.5) is 0 Å². The van der Waals surface area contributed by atoms with Crippen LogP contribution in [0.2, 0.25) is 0 Å². The molecule has 0 aromatic heterocycles. The van der Waals surface area contributed by atoms with Crippen molar-refractivity contribution in [1.82, 2.24) is 9.80 Å². The highest BCUT2D eigenvalue weighted by Gasteiger charge is 2.35. The molecule has 3 rings (SSSR count). The molecule has 7 heteroatoms. The van der Waals surface area contributed by atoms with Crippen LogP contribution in [-0.4, -0.2) is 67.0 Å². The summed E-state index contributed by atoms with van der Waals surface area (Å²) in [6.07, 6.45) is 3.67. The summed E-state index contributed by atoms with van der Waals surface area (Å²) < 4.78 is 10.9. The maximum Gasteiger partial charge on any atom is 0.325 e. The summed E-state index contributed by atoms with van der Waals surface area (Å²) in [6, 6.07) is 7.00. The molecule has 1 saturated heterocycles. The summed E-state index contributed by atoms with van der Waals surface area (Å²) in [7, 11) is 1.57. The van der Waals surface area contributed by atoms with Gasteiger partial charge in [-0.3, -0.25) is 14.4 Å². The Morgan fingerprint density at radius 2 is 1.86 bits per heavy atom. The standard InChI is InChI=1S/C21H28N2O5/c1-3-27-19(24)14-22(2)20(25)16-5-4-6-18(13-16)28-17-9-11-23(12-10-17)21(26)15-7-8-15/h4-6,13,15,17H,3,7-12,14H2,1-2H3.